The summed E-state index contributed by atoms with van der Waals surface area (Å²) in [4.78, 5) is 15.7. The van der Waals surface area contributed by atoms with Gasteiger partial charge in [0, 0.05) is 29.9 Å². The molecule has 1 spiro atoms. The van der Waals surface area contributed by atoms with Crippen molar-refractivity contribution in [2.24, 2.45) is 5.73 Å². The first-order chi connectivity index (χ1) is 15.5. The zero-order valence-electron chi connectivity index (χ0n) is 17.4. The van der Waals surface area contributed by atoms with E-state index in [0.717, 1.165) is 24.0 Å². The molecule has 0 bridgehead atoms. The van der Waals surface area contributed by atoms with Gasteiger partial charge in [-0.2, -0.15) is 5.10 Å². The summed E-state index contributed by atoms with van der Waals surface area (Å²) >= 11 is 6.03. The Balaban J connectivity index is 1.48. The number of benzene rings is 1. The van der Waals surface area contributed by atoms with Gasteiger partial charge in [-0.25, -0.2) is 4.98 Å². The Morgan fingerprint density at radius 3 is 2.81 bits per heavy atom. The van der Waals surface area contributed by atoms with E-state index in [1.54, 1.807) is 19.4 Å². The van der Waals surface area contributed by atoms with Crippen LogP contribution in [-0.4, -0.2) is 46.8 Å². The number of amides is 1. The van der Waals surface area contributed by atoms with Gasteiger partial charge in [-0.3, -0.25) is 9.48 Å². The normalized spacial score (nSPS) is 19.0. The van der Waals surface area contributed by atoms with Gasteiger partial charge < -0.3 is 25.3 Å². The van der Waals surface area contributed by atoms with Crippen molar-refractivity contribution >= 4 is 28.9 Å². The molecule has 1 saturated heterocycles. The van der Waals surface area contributed by atoms with Gasteiger partial charge >= 0.3 is 0 Å². The van der Waals surface area contributed by atoms with Crippen molar-refractivity contribution < 1.29 is 19.0 Å². The van der Waals surface area contributed by atoms with Gasteiger partial charge in [0.25, 0.3) is 5.91 Å². The maximum absolute atomic E-state index is 11.8. The van der Waals surface area contributed by atoms with Gasteiger partial charge in [0.1, 0.15) is 16.9 Å². The molecule has 9 nitrogen and oxygen atoms in total. The maximum Gasteiger partial charge on any atom is 0.252 e. The van der Waals surface area contributed by atoms with Gasteiger partial charge in [0.15, 0.2) is 5.79 Å². The topological polar surface area (TPSA) is 114 Å². The van der Waals surface area contributed by atoms with E-state index in [1.165, 1.54) is 6.20 Å². The van der Waals surface area contributed by atoms with Crippen LogP contribution in [0.2, 0.25) is 5.15 Å². The summed E-state index contributed by atoms with van der Waals surface area (Å²) in [5.74, 6) is -0.575. The molecule has 5 rings (SSSR count). The second-order valence-electron chi connectivity index (χ2n) is 7.70. The van der Waals surface area contributed by atoms with Crippen molar-refractivity contribution in [1.29, 1.82) is 0 Å². The number of methoxy groups -OCH3 is 1. The number of carbonyl (C=O) groups excluding carboxylic acids is 1. The molecular weight excluding hydrogens is 434 g/mol. The number of nitrogens with two attached hydrogens (primary N) is 1. The number of hydrogen-bond donors (Lipinski definition) is 2. The zero-order valence-corrected chi connectivity index (χ0v) is 18.1. The van der Waals surface area contributed by atoms with Crippen LogP contribution < -0.4 is 15.8 Å². The highest BCUT2D eigenvalue weighted by Crippen LogP contribution is 2.48. The van der Waals surface area contributed by atoms with E-state index in [-0.39, 0.29) is 16.8 Å². The van der Waals surface area contributed by atoms with Crippen molar-refractivity contribution in [3.8, 4) is 16.9 Å². The number of hydrogen-bond acceptors (Lipinski definition) is 7. The molecule has 166 valence electrons. The Hall–Kier alpha value is -3.14. The quantitative estimate of drug-likeness (QED) is 0.546. The molecule has 3 aromatic rings. The molecule has 1 amide bonds. The molecule has 2 fully saturated rings. The summed E-state index contributed by atoms with van der Waals surface area (Å²) in [5.41, 5.74) is 8.51. The number of rotatable bonds is 6. The van der Waals surface area contributed by atoms with Crippen LogP contribution in [-0.2, 0) is 9.47 Å². The summed E-state index contributed by atoms with van der Waals surface area (Å²) < 4.78 is 19.3. The number of para-hydroxylation sites is 1. The summed E-state index contributed by atoms with van der Waals surface area (Å²) in [6.45, 7) is 1.22. The van der Waals surface area contributed by atoms with Crippen molar-refractivity contribution in [2.75, 3.05) is 25.6 Å². The lowest BCUT2D eigenvalue weighted by Gasteiger charge is -2.44. The van der Waals surface area contributed by atoms with E-state index < -0.39 is 11.7 Å². The minimum Gasteiger partial charge on any atom is -0.494 e. The van der Waals surface area contributed by atoms with Gasteiger partial charge in [-0.15, -0.1) is 0 Å². The number of nitrogens with one attached hydrogen (secondary N) is 1. The van der Waals surface area contributed by atoms with E-state index in [2.05, 4.69) is 15.4 Å². The monoisotopic (exact) mass is 455 g/mol. The third kappa shape index (κ3) is 3.48. The largest absolute Gasteiger partial charge is 0.494 e. The average Bonchev–Trinajstić information content (AvgIpc) is 3.44. The molecule has 1 aliphatic carbocycles. The van der Waals surface area contributed by atoms with E-state index >= 15 is 0 Å². The Labute approximate surface area is 189 Å². The predicted molar refractivity (Wildman–Crippen MR) is 118 cm³/mol. The molecule has 3 N–H and O–H groups in total. The van der Waals surface area contributed by atoms with Crippen LogP contribution >= 0.6 is 11.6 Å². The molecular formula is C22H22ClN5O4. The second kappa shape index (κ2) is 8.09. The molecule has 3 heterocycles. The first kappa shape index (κ1) is 20.7. The second-order valence-corrected chi connectivity index (χ2v) is 8.09. The lowest BCUT2D eigenvalue weighted by molar-refractivity contribution is -0.242. The molecule has 1 saturated carbocycles. The smallest absolute Gasteiger partial charge is 0.252 e. The number of pyridine rings is 1. The fourth-order valence-electron chi connectivity index (χ4n) is 4.26. The van der Waals surface area contributed by atoms with Gasteiger partial charge in [-0.1, -0.05) is 23.7 Å². The van der Waals surface area contributed by atoms with E-state index in [4.69, 9.17) is 31.5 Å². The number of carbonyl (C=O) groups is 1. The highest BCUT2D eigenvalue weighted by molar-refractivity contribution is 6.29. The van der Waals surface area contributed by atoms with Gasteiger partial charge in [0.2, 0.25) is 0 Å². The molecule has 1 atom stereocenters. The van der Waals surface area contributed by atoms with E-state index in [0.29, 0.717) is 30.3 Å². The number of aromatic nitrogens is 3. The highest BCUT2D eigenvalue weighted by Gasteiger charge is 2.53. The molecule has 0 radical (unpaired) electrons. The standard InChI is InChI=1S/C22H22ClN5O4/c1-30-20-14(13-10-26-28(12-13)18-5-6-22(18)31-7-8-32-22)3-2-4-16(20)27-17-9-19(23)25-11-15(17)21(24)29/h2-4,9-12,18H,5-8H2,1H3,(H2,24,29)(H,25,27). The van der Waals surface area contributed by atoms with Crippen LogP contribution in [0.25, 0.3) is 11.1 Å². The minimum atomic E-state index is -0.612. The van der Waals surface area contributed by atoms with Crippen molar-refractivity contribution in [3.63, 3.8) is 0 Å². The van der Waals surface area contributed by atoms with Crippen LogP contribution in [0.3, 0.4) is 0 Å². The summed E-state index contributed by atoms with van der Waals surface area (Å²) in [5, 5.41) is 8.00. The molecule has 1 unspecified atom stereocenters. The van der Waals surface area contributed by atoms with Gasteiger partial charge in [-0.05, 0) is 18.6 Å². The summed E-state index contributed by atoms with van der Waals surface area (Å²) in [6.07, 6.45) is 6.91. The van der Waals surface area contributed by atoms with Crippen LogP contribution in [0, 0.1) is 0 Å². The van der Waals surface area contributed by atoms with Gasteiger partial charge in [0.05, 0.1) is 43.5 Å². The predicted octanol–water partition coefficient (Wildman–Crippen LogP) is 3.53. The molecule has 1 aliphatic heterocycles. The third-order valence-electron chi connectivity index (χ3n) is 5.91. The summed E-state index contributed by atoms with van der Waals surface area (Å²) in [7, 11) is 1.59. The number of halogens is 1. The van der Waals surface area contributed by atoms with Crippen LogP contribution in [0.5, 0.6) is 5.75 Å². The lowest BCUT2D eigenvalue weighted by atomic mass is 9.85. The first-order valence-corrected chi connectivity index (χ1v) is 10.6. The fourth-order valence-corrected chi connectivity index (χ4v) is 4.41. The maximum atomic E-state index is 11.8. The number of nitrogens with zero attached hydrogens (tertiary/aromatic N) is 3. The lowest BCUT2D eigenvalue weighted by Crippen LogP contribution is -2.49. The Morgan fingerprint density at radius 1 is 1.31 bits per heavy atom. The minimum absolute atomic E-state index is 0.0446. The van der Waals surface area contributed by atoms with Crippen molar-refractivity contribution in [2.45, 2.75) is 24.7 Å². The fraction of sp³-hybridized carbons (Fsp3) is 0.318. The molecule has 32 heavy (non-hydrogen) atoms. The Bertz CT molecular complexity index is 1170. The number of primary amides is 1. The highest BCUT2D eigenvalue weighted by atomic mass is 35.5. The van der Waals surface area contributed by atoms with Crippen LogP contribution in [0.1, 0.15) is 29.2 Å². The van der Waals surface area contributed by atoms with Crippen LogP contribution in [0.4, 0.5) is 11.4 Å². The molecule has 1 aromatic carbocycles. The average molecular weight is 456 g/mol. The van der Waals surface area contributed by atoms with Crippen molar-refractivity contribution in [3.05, 3.63) is 53.6 Å². The zero-order chi connectivity index (χ0) is 22.3. The van der Waals surface area contributed by atoms with Crippen molar-refractivity contribution in [1.82, 2.24) is 14.8 Å². The Morgan fingerprint density at radius 2 is 2.12 bits per heavy atom. The third-order valence-corrected chi connectivity index (χ3v) is 6.11. The van der Waals surface area contributed by atoms with E-state index in [9.17, 15) is 4.79 Å². The van der Waals surface area contributed by atoms with Crippen LogP contribution in [0.15, 0.2) is 42.9 Å². The number of ether oxygens (including phenoxy) is 3. The Kier molecular flexibility index (Phi) is 5.24. The molecule has 2 aromatic heterocycles. The van der Waals surface area contributed by atoms with E-state index in [1.807, 2.05) is 29.1 Å². The molecule has 10 heteroatoms. The SMILES string of the molecule is COc1c(Nc2cc(Cl)ncc2C(N)=O)cccc1-c1cnn(C2CCC23OCCO3)c1. The summed E-state index contributed by atoms with van der Waals surface area (Å²) in [6, 6.07) is 7.26. The number of anilines is 2. The molecule has 2 aliphatic rings. The first-order valence-electron chi connectivity index (χ1n) is 10.2.